The van der Waals surface area contributed by atoms with Crippen LogP contribution in [0.4, 0.5) is 5.82 Å². The van der Waals surface area contributed by atoms with Crippen molar-refractivity contribution in [1.29, 1.82) is 0 Å². The number of amides is 1. The largest absolute Gasteiger partial charge is 0.372 e. The van der Waals surface area contributed by atoms with Gasteiger partial charge in [0, 0.05) is 19.7 Å². The minimum absolute atomic E-state index is 0.0818. The molecule has 1 amide bonds. The molecule has 25 heavy (non-hydrogen) atoms. The van der Waals surface area contributed by atoms with E-state index in [1.165, 1.54) is 11.8 Å². The first-order valence-corrected chi connectivity index (χ1v) is 9.63. The van der Waals surface area contributed by atoms with Crippen molar-refractivity contribution in [3.8, 4) is 0 Å². The second kappa shape index (κ2) is 9.57. The quantitative estimate of drug-likeness (QED) is 0.489. The molecule has 2 aromatic heterocycles. The van der Waals surface area contributed by atoms with Crippen LogP contribution in [0.5, 0.6) is 0 Å². The van der Waals surface area contributed by atoms with Gasteiger partial charge in [-0.15, -0.1) is 0 Å². The minimum atomic E-state index is -0.128. The predicted octanol–water partition coefficient (Wildman–Crippen LogP) is 1.77. The van der Waals surface area contributed by atoms with Crippen LogP contribution >= 0.6 is 11.8 Å². The summed E-state index contributed by atoms with van der Waals surface area (Å²) in [6, 6.07) is 0. The SMILES string of the molecule is CCOCC(=O)NCCn1ncc2c(NCC(C)C)nc(SC)nc21. The lowest BCUT2D eigenvalue weighted by Gasteiger charge is -2.10. The highest BCUT2D eigenvalue weighted by atomic mass is 32.2. The first kappa shape index (κ1) is 19.5. The molecule has 0 aliphatic heterocycles. The van der Waals surface area contributed by atoms with Gasteiger partial charge in [0.1, 0.15) is 12.4 Å². The van der Waals surface area contributed by atoms with Crippen molar-refractivity contribution in [2.24, 2.45) is 5.92 Å². The third-order valence-electron chi connectivity index (χ3n) is 3.42. The van der Waals surface area contributed by atoms with E-state index in [-0.39, 0.29) is 12.5 Å². The third-order valence-corrected chi connectivity index (χ3v) is 3.97. The van der Waals surface area contributed by atoms with Crippen molar-refractivity contribution in [3.05, 3.63) is 6.20 Å². The topological polar surface area (TPSA) is 94.0 Å². The fourth-order valence-corrected chi connectivity index (χ4v) is 2.53. The maximum absolute atomic E-state index is 11.6. The Hall–Kier alpha value is -1.87. The Balaban J connectivity index is 2.10. The van der Waals surface area contributed by atoms with Crippen LogP contribution in [0, 0.1) is 5.92 Å². The molecule has 0 radical (unpaired) electrons. The molecule has 0 bridgehead atoms. The van der Waals surface area contributed by atoms with Gasteiger partial charge in [-0.05, 0) is 19.1 Å². The normalized spacial score (nSPS) is 11.2. The molecule has 2 N–H and O–H groups in total. The van der Waals surface area contributed by atoms with Gasteiger partial charge in [0.05, 0.1) is 18.1 Å². The number of carbonyl (C=O) groups excluding carboxylic acids is 1. The fourth-order valence-electron chi connectivity index (χ4n) is 2.17. The molecular weight excluding hydrogens is 340 g/mol. The summed E-state index contributed by atoms with van der Waals surface area (Å²) < 4.78 is 6.87. The number of fused-ring (bicyclic) bond motifs is 1. The van der Waals surface area contributed by atoms with Gasteiger partial charge < -0.3 is 15.4 Å². The van der Waals surface area contributed by atoms with E-state index < -0.39 is 0 Å². The van der Waals surface area contributed by atoms with E-state index in [0.717, 1.165) is 23.4 Å². The standard InChI is InChI=1S/C16H26N6O2S/c1-5-24-10-13(23)17-6-7-22-15-12(9-19-22)14(18-8-11(2)3)20-16(21-15)25-4/h9,11H,5-8,10H2,1-4H3,(H,17,23)(H,18,20,21). The van der Waals surface area contributed by atoms with E-state index in [0.29, 0.717) is 30.8 Å². The first-order valence-electron chi connectivity index (χ1n) is 8.41. The molecule has 0 aliphatic carbocycles. The molecule has 2 aromatic rings. The van der Waals surface area contributed by atoms with Gasteiger partial charge >= 0.3 is 0 Å². The number of hydrogen-bond donors (Lipinski definition) is 2. The molecule has 0 atom stereocenters. The maximum Gasteiger partial charge on any atom is 0.246 e. The van der Waals surface area contributed by atoms with Crippen LogP contribution in [0.1, 0.15) is 20.8 Å². The van der Waals surface area contributed by atoms with Crippen LogP contribution in [0.2, 0.25) is 0 Å². The lowest BCUT2D eigenvalue weighted by Crippen LogP contribution is -2.30. The summed E-state index contributed by atoms with van der Waals surface area (Å²) in [5.74, 6) is 1.19. The molecule has 9 heteroatoms. The molecular formula is C16H26N6O2S. The molecule has 2 rings (SSSR count). The number of rotatable bonds is 10. The monoisotopic (exact) mass is 366 g/mol. The Kier molecular flexibility index (Phi) is 7.45. The molecule has 2 heterocycles. The second-order valence-corrected chi connectivity index (χ2v) is 6.70. The van der Waals surface area contributed by atoms with E-state index >= 15 is 0 Å². The molecule has 0 unspecified atom stereocenters. The van der Waals surface area contributed by atoms with Crippen molar-refractivity contribution in [1.82, 2.24) is 25.1 Å². The van der Waals surface area contributed by atoms with Crippen LogP contribution < -0.4 is 10.6 Å². The third kappa shape index (κ3) is 5.57. The number of nitrogens with one attached hydrogen (secondary N) is 2. The number of aromatic nitrogens is 4. The molecule has 138 valence electrons. The molecule has 0 saturated carbocycles. The van der Waals surface area contributed by atoms with Gasteiger partial charge in [0.15, 0.2) is 10.8 Å². The van der Waals surface area contributed by atoms with Gasteiger partial charge in [-0.3, -0.25) is 4.79 Å². The van der Waals surface area contributed by atoms with E-state index in [1.807, 2.05) is 13.2 Å². The van der Waals surface area contributed by atoms with Gasteiger partial charge in [0.25, 0.3) is 0 Å². The number of hydrogen-bond acceptors (Lipinski definition) is 7. The highest BCUT2D eigenvalue weighted by Crippen LogP contribution is 2.23. The number of anilines is 1. The molecule has 0 aromatic carbocycles. The lowest BCUT2D eigenvalue weighted by molar-refractivity contribution is -0.125. The highest BCUT2D eigenvalue weighted by molar-refractivity contribution is 7.98. The zero-order valence-corrected chi connectivity index (χ0v) is 16.0. The maximum atomic E-state index is 11.6. The van der Waals surface area contributed by atoms with Crippen LogP contribution in [-0.2, 0) is 16.1 Å². The van der Waals surface area contributed by atoms with Crippen LogP contribution in [0.3, 0.4) is 0 Å². The van der Waals surface area contributed by atoms with Crippen molar-refractivity contribution < 1.29 is 9.53 Å². The Bertz CT molecular complexity index is 703. The minimum Gasteiger partial charge on any atom is -0.372 e. The van der Waals surface area contributed by atoms with E-state index in [2.05, 4.69) is 39.5 Å². The Morgan fingerprint density at radius 1 is 1.40 bits per heavy atom. The Morgan fingerprint density at radius 3 is 2.88 bits per heavy atom. The van der Waals surface area contributed by atoms with Crippen LogP contribution in [0.25, 0.3) is 11.0 Å². The van der Waals surface area contributed by atoms with E-state index in [1.54, 1.807) is 10.9 Å². The van der Waals surface area contributed by atoms with Gasteiger partial charge in [-0.25, -0.2) is 14.6 Å². The Morgan fingerprint density at radius 2 is 2.20 bits per heavy atom. The summed E-state index contributed by atoms with van der Waals surface area (Å²) in [7, 11) is 0. The zero-order chi connectivity index (χ0) is 18.2. The van der Waals surface area contributed by atoms with E-state index in [4.69, 9.17) is 4.74 Å². The molecule has 0 aliphatic rings. The van der Waals surface area contributed by atoms with Crippen molar-refractivity contribution >= 4 is 34.5 Å². The van der Waals surface area contributed by atoms with Gasteiger partial charge in [-0.2, -0.15) is 5.10 Å². The highest BCUT2D eigenvalue weighted by Gasteiger charge is 2.13. The van der Waals surface area contributed by atoms with Crippen LogP contribution in [0.15, 0.2) is 11.4 Å². The number of ether oxygens (including phenoxy) is 1. The van der Waals surface area contributed by atoms with Crippen molar-refractivity contribution in [2.45, 2.75) is 32.5 Å². The average molecular weight is 366 g/mol. The number of nitrogens with zero attached hydrogens (tertiary/aromatic N) is 4. The predicted molar refractivity (Wildman–Crippen MR) is 99.9 cm³/mol. The molecule has 8 nitrogen and oxygen atoms in total. The van der Waals surface area contributed by atoms with Crippen molar-refractivity contribution in [3.63, 3.8) is 0 Å². The smallest absolute Gasteiger partial charge is 0.246 e. The molecule has 0 saturated heterocycles. The number of carbonyl (C=O) groups is 1. The summed E-state index contributed by atoms with van der Waals surface area (Å²) in [5, 5.41) is 12.2. The lowest BCUT2D eigenvalue weighted by atomic mass is 10.2. The molecule has 0 spiro atoms. The summed E-state index contributed by atoms with van der Waals surface area (Å²) in [6.07, 6.45) is 3.71. The molecule has 0 fully saturated rings. The van der Waals surface area contributed by atoms with Gasteiger partial charge in [-0.1, -0.05) is 25.6 Å². The van der Waals surface area contributed by atoms with Gasteiger partial charge in [0.2, 0.25) is 5.91 Å². The summed E-state index contributed by atoms with van der Waals surface area (Å²) >= 11 is 1.49. The Labute approximate surface area is 152 Å². The average Bonchev–Trinajstić information content (AvgIpc) is 3.00. The second-order valence-electron chi connectivity index (χ2n) is 5.93. The van der Waals surface area contributed by atoms with Crippen LogP contribution in [-0.4, -0.2) is 58.2 Å². The number of thioether (sulfide) groups is 1. The summed E-state index contributed by atoms with van der Waals surface area (Å²) in [5.41, 5.74) is 0.768. The van der Waals surface area contributed by atoms with Crippen molar-refractivity contribution in [2.75, 3.05) is 37.9 Å². The summed E-state index contributed by atoms with van der Waals surface area (Å²) in [6.45, 7) is 8.60. The van der Waals surface area contributed by atoms with E-state index in [9.17, 15) is 4.79 Å². The fraction of sp³-hybridized carbons (Fsp3) is 0.625. The first-order chi connectivity index (χ1) is 12.0. The zero-order valence-electron chi connectivity index (χ0n) is 15.2. The summed E-state index contributed by atoms with van der Waals surface area (Å²) in [4.78, 5) is 20.7.